The number of hydrogen-bond donors (Lipinski definition) is 2. The molecular formula is C17H27N3O3. The summed E-state index contributed by atoms with van der Waals surface area (Å²) in [5.74, 6) is 1.44. The molecule has 128 valence electrons. The first kappa shape index (κ1) is 18.8. The fourth-order valence-electron chi connectivity index (χ4n) is 2.01. The number of esters is 1. The van der Waals surface area contributed by atoms with Gasteiger partial charge < -0.3 is 20.1 Å². The van der Waals surface area contributed by atoms with Gasteiger partial charge in [0.2, 0.25) is 0 Å². The Morgan fingerprint density at radius 1 is 1.17 bits per heavy atom. The van der Waals surface area contributed by atoms with Gasteiger partial charge in [0.25, 0.3) is 0 Å². The summed E-state index contributed by atoms with van der Waals surface area (Å²) in [6.45, 7) is 3.70. The number of nitrogens with one attached hydrogen (secondary N) is 2. The molecular weight excluding hydrogens is 294 g/mol. The first-order valence-electron chi connectivity index (χ1n) is 7.92. The molecule has 0 heterocycles. The van der Waals surface area contributed by atoms with Crippen molar-refractivity contribution in [2.75, 3.05) is 33.9 Å². The Balaban J connectivity index is 2.19. The van der Waals surface area contributed by atoms with Crippen LogP contribution < -0.4 is 15.4 Å². The molecule has 0 unspecified atom stereocenters. The number of carbonyl (C=O) groups is 1. The Morgan fingerprint density at radius 2 is 1.87 bits per heavy atom. The Morgan fingerprint density at radius 3 is 2.48 bits per heavy atom. The number of guanidine groups is 1. The van der Waals surface area contributed by atoms with Crippen LogP contribution in [0.5, 0.6) is 5.75 Å². The van der Waals surface area contributed by atoms with Crippen LogP contribution in [-0.2, 0) is 16.0 Å². The van der Waals surface area contributed by atoms with Crippen LogP contribution in [0, 0.1) is 0 Å². The summed E-state index contributed by atoms with van der Waals surface area (Å²) in [5.41, 5.74) is 1.23. The van der Waals surface area contributed by atoms with Crippen molar-refractivity contribution in [2.24, 2.45) is 4.99 Å². The molecule has 0 fully saturated rings. The van der Waals surface area contributed by atoms with Crippen molar-refractivity contribution < 1.29 is 14.3 Å². The third-order valence-electron chi connectivity index (χ3n) is 3.24. The number of carbonyl (C=O) groups excluding carboxylic acids is 1. The topological polar surface area (TPSA) is 72.0 Å². The molecule has 0 aliphatic rings. The van der Waals surface area contributed by atoms with Crippen LogP contribution in [0.4, 0.5) is 0 Å². The zero-order valence-corrected chi connectivity index (χ0v) is 14.2. The number of nitrogens with zero attached hydrogens (tertiary/aromatic N) is 1. The smallest absolute Gasteiger partial charge is 0.305 e. The van der Waals surface area contributed by atoms with Crippen molar-refractivity contribution in [2.45, 2.75) is 26.2 Å². The van der Waals surface area contributed by atoms with Crippen LogP contribution in [0.25, 0.3) is 0 Å². The highest BCUT2D eigenvalue weighted by atomic mass is 16.5. The molecule has 6 nitrogen and oxygen atoms in total. The maximum Gasteiger partial charge on any atom is 0.305 e. The van der Waals surface area contributed by atoms with Gasteiger partial charge in [-0.05, 0) is 37.5 Å². The molecule has 0 spiro atoms. The van der Waals surface area contributed by atoms with Gasteiger partial charge in [-0.1, -0.05) is 12.1 Å². The summed E-state index contributed by atoms with van der Waals surface area (Å²) < 4.78 is 10.0. The second-order valence-electron chi connectivity index (χ2n) is 4.93. The van der Waals surface area contributed by atoms with E-state index in [4.69, 9.17) is 9.47 Å². The van der Waals surface area contributed by atoms with Crippen molar-refractivity contribution in [3.63, 3.8) is 0 Å². The van der Waals surface area contributed by atoms with Gasteiger partial charge in [0.05, 0.1) is 13.7 Å². The number of rotatable bonds is 9. The second kappa shape index (κ2) is 11.3. The minimum atomic E-state index is -0.156. The number of benzene rings is 1. The summed E-state index contributed by atoms with van der Waals surface area (Å²) in [5, 5.41) is 6.43. The molecule has 1 rings (SSSR count). The largest absolute Gasteiger partial charge is 0.497 e. The summed E-state index contributed by atoms with van der Waals surface area (Å²) in [6, 6.07) is 8.02. The zero-order chi connectivity index (χ0) is 16.9. The third-order valence-corrected chi connectivity index (χ3v) is 3.24. The van der Waals surface area contributed by atoms with Gasteiger partial charge in [-0.2, -0.15) is 0 Å². The maximum absolute atomic E-state index is 11.2. The monoisotopic (exact) mass is 321 g/mol. The molecule has 0 aromatic heterocycles. The highest BCUT2D eigenvalue weighted by molar-refractivity contribution is 5.79. The first-order valence-corrected chi connectivity index (χ1v) is 7.92. The van der Waals surface area contributed by atoms with Gasteiger partial charge in [-0.25, -0.2) is 0 Å². The fraction of sp³-hybridized carbons (Fsp3) is 0.529. The van der Waals surface area contributed by atoms with Crippen LogP contribution in [0.1, 0.15) is 25.3 Å². The van der Waals surface area contributed by atoms with Crippen molar-refractivity contribution >= 4 is 11.9 Å². The molecule has 0 radical (unpaired) electrons. The molecule has 1 aromatic carbocycles. The lowest BCUT2D eigenvalue weighted by Gasteiger charge is -2.12. The van der Waals surface area contributed by atoms with Crippen molar-refractivity contribution in [3.05, 3.63) is 29.8 Å². The molecule has 0 amide bonds. The van der Waals surface area contributed by atoms with Crippen molar-refractivity contribution in [3.8, 4) is 5.75 Å². The average molecular weight is 321 g/mol. The van der Waals surface area contributed by atoms with E-state index in [9.17, 15) is 4.79 Å². The summed E-state index contributed by atoms with van der Waals surface area (Å²) in [4.78, 5) is 15.4. The van der Waals surface area contributed by atoms with Gasteiger partial charge in [0.1, 0.15) is 5.75 Å². The summed E-state index contributed by atoms with van der Waals surface area (Å²) >= 11 is 0. The normalized spacial score (nSPS) is 11.0. The quantitative estimate of drug-likeness (QED) is 0.314. The molecule has 1 aromatic rings. The Labute approximate surface area is 138 Å². The molecule has 0 aliphatic heterocycles. The Hall–Kier alpha value is -2.24. The predicted octanol–water partition coefficient (Wildman–Crippen LogP) is 1.75. The Bertz CT molecular complexity index is 486. The summed E-state index contributed by atoms with van der Waals surface area (Å²) in [6.07, 6.45) is 2.04. The molecule has 0 saturated carbocycles. The van der Waals surface area contributed by atoms with E-state index in [1.54, 1.807) is 14.2 Å². The van der Waals surface area contributed by atoms with E-state index in [-0.39, 0.29) is 5.97 Å². The second-order valence-corrected chi connectivity index (χ2v) is 4.93. The van der Waals surface area contributed by atoms with E-state index in [2.05, 4.69) is 27.8 Å². The van der Waals surface area contributed by atoms with E-state index < -0.39 is 0 Å². The van der Waals surface area contributed by atoms with E-state index in [1.807, 2.05) is 19.1 Å². The van der Waals surface area contributed by atoms with E-state index in [1.165, 1.54) is 5.56 Å². The van der Waals surface area contributed by atoms with Gasteiger partial charge in [0, 0.05) is 26.6 Å². The van der Waals surface area contributed by atoms with Crippen LogP contribution >= 0.6 is 0 Å². The number of hydrogen-bond acceptors (Lipinski definition) is 4. The number of methoxy groups -OCH3 is 1. The van der Waals surface area contributed by atoms with E-state index >= 15 is 0 Å². The van der Waals surface area contributed by atoms with Gasteiger partial charge >= 0.3 is 5.97 Å². The highest BCUT2D eigenvalue weighted by Crippen LogP contribution is 2.11. The molecule has 0 aliphatic carbocycles. The van der Waals surface area contributed by atoms with E-state index in [0.29, 0.717) is 19.6 Å². The standard InChI is InChI=1S/C17H27N3O3/c1-4-23-16(21)6-5-12-19-17(18-2)20-13-11-14-7-9-15(22-3)10-8-14/h7-10H,4-6,11-13H2,1-3H3,(H2,18,19,20). The first-order chi connectivity index (χ1) is 11.2. The van der Waals surface area contributed by atoms with Gasteiger partial charge in [-0.3, -0.25) is 9.79 Å². The van der Waals surface area contributed by atoms with Gasteiger partial charge in [-0.15, -0.1) is 0 Å². The van der Waals surface area contributed by atoms with Gasteiger partial charge in [0.15, 0.2) is 5.96 Å². The Kier molecular flexibility index (Phi) is 9.28. The van der Waals surface area contributed by atoms with Crippen LogP contribution in [0.3, 0.4) is 0 Å². The molecule has 23 heavy (non-hydrogen) atoms. The fourth-order valence-corrected chi connectivity index (χ4v) is 2.01. The number of aliphatic imine (C=N–C) groups is 1. The molecule has 6 heteroatoms. The predicted molar refractivity (Wildman–Crippen MR) is 91.9 cm³/mol. The lowest BCUT2D eigenvalue weighted by Crippen LogP contribution is -2.38. The molecule has 2 N–H and O–H groups in total. The molecule has 0 atom stereocenters. The highest BCUT2D eigenvalue weighted by Gasteiger charge is 2.02. The van der Waals surface area contributed by atoms with Crippen molar-refractivity contribution in [1.82, 2.24) is 10.6 Å². The average Bonchev–Trinajstić information content (AvgIpc) is 2.57. The number of ether oxygens (including phenoxy) is 2. The van der Waals surface area contributed by atoms with Crippen LogP contribution in [-0.4, -0.2) is 45.8 Å². The van der Waals surface area contributed by atoms with Crippen molar-refractivity contribution in [1.29, 1.82) is 0 Å². The third kappa shape index (κ3) is 8.09. The minimum Gasteiger partial charge on any atom is -0.497 e. The summed E-state index contributed by atoms with van der Waals surface area (Å²) in [7, 11) is 3.39. The van der Waals surface area contributed by atoms with Crippen LogP contribution in [0.15, 0.2) is 29.3 Å². The lowest BCUT2D eigenvalue weighted by molar-refractivity contribution is -0.143. The van der Waals surface area contributed by atoms with Crippen LogP contribution in [0.2, 0.25) is 0 Å². The minimum absolute atomic E-state index is 0.156. The maximum atomic E-state index is 11.2. The lowest BCUT2D eigenvalue weighted by atomic mass is 10.1. The SMILES string of the molecule is CCOC(=O)CCCNC(=NC)NCCc1ccc(OC)cc1. The molecule has 0 bridgehead atoms. The molecule has 0 saturated heterocycles. The zero-order valence-electron chi connectivity index (χ0n) is 14.2. The van der Waals surface area contributed by atoms with E-state index in [0.717, 1.165) is 31.1 Å².